The molecule has 0 aliphatic heterocycles. The Bertz CT molecular complexity index is 379. The van der Waals surface area contributed by atoms with Gasteiger partial charge in [0.1, 0.15) is 12.0 Å². The van der Waals surface area contributed by atoms with Gasteiger partial charge in [0.25, 0.3) is 0 Å². The van der Waals surface area contributed by atoms with E-state index in [2.05, 4.69) is 35.6 Å². The summed E-state index contributed by atoms with van der Waals surface area (Å²) < 4.78 is 5.37. The van der Waals surface area contributed by atoms with Gasteiger partial charge in [0.05, 0.1) is 6.61 Å². The smallest absolute Gasteiger partial charge is 0.242 e. The molecule has 5 heteroatoms. The highest BCUT2D eigenvalue weighted by atomic mass is 16.5. The van der Waals surface area contributed by atoms with E-state index in [9.17, 15) is 0 Å². The molecule has 0 saturated carbocycles. The van der Waals surface area contributed by atoms with Crippen molar-refractivity contribution < 1.29 is 4.74 Å². The van der Waals surface area contributed by atoms with Crippen LogP contribution in [0.2, 0.25) is 0 Å². The highest BCUT2D eigenvalue weighted by Crippen LogP contribution is 2.31. The highest BCUT2D eigenvalue weighted by Gasteiger charge is 2.25. The van der Waals surface area contributed by atoms with Gasteiger partial charge < -0.3 is 15.4 Å². The number of hydrogen-bond donors (Lipinski definition) is 1. The number of hydrogen-bond acceptors (Lipinski definition) is 5. The summed E-state index contributed by atoms with van der Waals surface area (Å²) in [6, 6.07) is 0. The second-order valence-corrected chi connectivity index (χ2v) is 4.57. The van der Waals surface area contributed by atoms with Crippen LogP contribution in [0.15, 0.2) is 6.33 Å². The number of nitrogens with zero attached hydrogens (tertiary/aromatic N) is 3. The molecular weight excluding hydrogens is 216 g/mol. The molecule has 17 heavy (non-hydrogen) atoms. The molecule has 0 aliphatic carbocycles. The van der Waals surface area contributed by atoms with Gasteiger partial charge in [-0.15, -0.1) is 0 Å². The Labute approximate surface area is 103 Å². The number of nitrogen functional groups attached to an aromatic ring is 1. The van der Waals surface area contributed by atoms with E-state index < -0.39 is 0 Å². The maximum absolute atomic E-state index is 6.03. The van der Waals surface area contributed by atoms with E-state index >= 15 is 0 Å². The summed E-state index contributed by atoms with van der Waals surface area (Å²) in [7, 11) is 1.98. The molecular formula is C12H22N4O. The summed E-state index contributed by atoms with van der Waals surface area (Å²) in [6.45, 7) is 8.88. The fourth-order valence-electron chi connectivity index (χ4n) is 1.41. The minimum Gasteiger partial charge on any atom is -0.476 e. The first-order valence-corrected chi connectivity index (χ1v) is 5.91. The Morgan fingerprint density at radius 3 is 2.53 bits per heavy atom. The average Bonchev–Trinajstić information content (AvgIpc) is 2.31. The van der Waals surface area contributed by atoms with Gasteiger partial charge in [-0.05, 0) is 27.2 Å². The summed E-state index contributed by atoms with van der Waals surface area (Å²) in [6.07, 6.45) is 2.48. The fraction of sp³-hybridized carbons (Fsp3) is 0.667. The monoisotopic (exact) mass is 238 g/mol. The maximum Gasteiger partial charge on any atom is 0.242 e. The molecule has 5 nitrogen and oxygen atoms in total. The van der Waals surface area contributed by atoms with Crippen molar-refractivity contribution in [2.75, 3.05) is 24.3 Å². The SMILES string of the molecule is CCOc1ncnc(N(C)C(C)(C)CC)c1N. The van der Waals surface area contributed by atoms with Crippen LogP contribution in [0.4, 0.5) is 11.5 Å². The van der Waals surface area contributed by atoms with Crippen LogP contribution in [0.1, 0.15) is 34.1 Å². The molecule has 0 aromatic carbocycles. The van der Waals surface area contributed by atoms with Crippen molar-refractivity contribution in [3.63, 3.8) is 0 Å². The molecule has 0 radical (unpaired) electrons. The van der Waals surface area contributed by atoms with Gasteiger partial charge in [0, 0.05) is 12.6 Å². The lowest BCUT2D eigenvalue weighted by atomic mass is 10.00. The van der Waals surface area contributed by atoms with Crippen LogP contribution < -0.4 is 15.4 Å². The predicted molar refractivity (Wildman–Crippen MR) is 70.4 cm³/mol. The standard InChI is InChI=1S/C12H22N4O/c1-6-12(3,4)16(5)10-9(13)11(17-7-2)15-8-14-10/h8H,6-7,13H2,1-5H3. The molecule has 2 N–H and O–H groups in total. The van der Waals surface area contributed by atoms with Crippen molar-refractivity contribution >= 4 is 11.5 Å². The zero-order valence-electron chi connectivity index (χ0n) is 11.3. The fourth-order valence-corrected chi connectivity index (χ4v) is 1.41. The molecule has 0 aliphatic rings. The van der Waals surface area contributed by atoms with Crippen LogP contribution in [-0.4, -0.2) is 29.2 Å². The molecule has 0 amide bonds. The second-order valence-electron chi connectivity index (χ2n) is 4.57. The van der Waals surface area contributed by atoms with Crippen molar-refractivity contribution in [1.29, 1.82) is 0 Å². The molecule has 1 rings (SSSR count). The van der Waals surface area contributed by atoms with Gasteiger partial charge in [-0.3, -0.25) is 0 Å². The molecule has 0 fully saturated rings. The first-order valence-electron chi connectivity index (χ1n) is 5.91. The number of nitrogens with two attached hydrogens (primary N) is 1. The van der Waals surface area contributed by atoms with Gasteiger partial charge >= 0.3 is 0 Å². The lowest BCUT2D eigenvalue weighted by Crippen LogP contribution is -2.41. The number of rotatable bonds is 5. The van der Waals surface area contributed by atoms with Crippen molar-refractivity contribution in [1.82, 2.24) is 9.97 Å². The molecule has 0 spiro atoms. The Kier molecular flexibility index (Phi) is 4.15. The summed E-state index contributed by atoms with van der Waals surface area (Å²) in [5.41, 5.74) is 6.52. The third-order valence-corrected chi connectivity index (χ3v) is 3.20. The van der Waals surface area contributed by atoms with Crippen LogP contribution in [0, 0.1) is 0 Å². The summed E-state index contributed by atoms with van der Waals surface area (Å²) in [4.78, 5) is 10.3. The molecule has 0 atom stereocenters. The number of anilines is 2. The second kappa shape index (κ2) is 5.21. The first kappa shape index (κ1) is 13.5. The lowest BCUT2D eigenvalue weighted by molar-refractivity contribution is 0.328. The van der Waals surface area contributed by atoms with Gasteiger partial charge in [-0.1, -0.05) is 6.92 Å². The van der Waals surface area contributed by atoms with Crippen LogP contribution in [-0.2, 0) is 0 Å². The van der Waals surface area contributed by atoms with E-state index in [4.69, 9.17) is 10.5 Å². The van der Waals surface area contributed by atoms with Gasteiger partial charge in [-0.2, -0.15) is 4.98 Å². The zero-order chi connectivity index (χ0) is 13.1. The van der Waals surface area contributed by atoms with Crippen molar-refractivity contribution in [2.24, 2.45) is 0 Å². The third kappa shape index (κ3) is 2.78. The minimum absolute atomic E-state index is 0.00798. The third-order valence-electron chi connectivity index (χ3n) is 3.20. The molecule has 96 valence electrons. The molecule has 0 saturated heterocycles. The van der Waals surface area contributed by atoms with Gasteiger partial charge in [-0.25, -0.2) is 4.98 Å². The summed E-state index contributed by atoms with van der Waals surface area (Å²) in [5, 5.41) is 0. The lowest BCUT2D eigenvalue weighted by Gasteiger charge is -2.36. The predicted octanol–water partition coefficient (Wildman–Crippen LogP) is 2.08. The quantitative estimate of drug-likeness (QED) is 0.850. The van der Waals surface area contributed by atoms with Crippen molar-refractivity contribution in [2.45, 2.75) is 39.7 Å². The average molecular weight is 238 g/mol. The van der Waals surface area contributed by atoms with Crippen molar-refractivity contribution in [3.05, 3.63) is 6.33 Å². The Balaban J connectivity index is 3.10. The van der Waals surface area contributed by atoms with Crippen LogP contribution in [0.25, 0.3) is 0 Å². The van der Waals surface area contributed by atoms with Gasteiger partial charge in [0.15, 0.2) is 5.82 Å². The molecule has 1 aromatic heterocycles. The topological polar surface area (TPSA) is 64.3 Å². The Morgan fingerprint density at radius 2 is 2.00 bits per heavy atom. The number of aromatic nitrogens is 2. The first-order chi connectivity index (χ1) is 7.94. The van der Waals surface area contributed by atoms with E-state index in [1.54, 1.807) is 0 Å². The van der Waals surface area contributed by atoms with Crippen LogP contribution in [0.3, 0.4) is 0 Å². The normalized spacial score (nSPS) is 11.4. The summed E-state index contributed by atoms with van der Waals surface area (Å²) in [5.74, 6) is 1.17. The molecule has 1 aromatic rings. The van der Waals surface area contributed by atoms with E-state index in [0.29, 0.717) is 18.2 Å². The van der Waals surface area contributed by atoms with E-state index in [1.807, 2.05) is 14.0 Å². The van der Waals surface area contributed by atoms with Gasteiger partial charge in [0.2, 0.25) is 5.88 Å². The molecule has 1 heterocycles. The van der Waals surface area contributed by atoms with Crippen LogP contribution >= 0.6 is 0 Å². The van der Waals surface area contributed by atoms with Crippen LogP contribution in [0.5, 0.6) is 5.88 Å². The zero-order valence-corrected chi connectivity index (χ0v) is 11.3. The Morgan fingerprint density at radius 1 is 1.35 bits per heavy atom. The van der Waals surface area contributed by atoms with E-state index in [1.165, 1.54) is 6.33 Å². The van der Waals surface area contributed by atoms with Crippen molar-refractivity contribution in [3.8, 4) is 5.88 Å². The summed E-state index contributed by atoms with van der Waals surface area (Å²) >= 11 is 0. The molecule has 0 unspecified atom stereocenters. The largest absolute Gasteiger partial charge is 0.476 e. The minimum atomic E-state index is -0.00798. The van der Waals surface area contributed by atoms with E-state index in [0.717, 1.165) is 12.2 Å². The van der Waals surface area contributed by atoms with E-state index in [-0.39, 0.29) is 5.54 Å². The highest BCUT2D eigenvalue weighted by molar-refractivity contribution is 5.68. The maximum atomic E-state index is 6.03. The molecule has 0 bridgehead atoms. The number of ether oxygens (including phenoxy) is 1. The Hall–Kier alpha value is -1.52.